The molecule has 22 heavy (non-hydrogen) atoms. The minimum absolute atomic E-state index is 0.0894. The van der Waals surface area contributed by atoms with E-state index in [0.29, 0.717) is 0 Å². The first-order valence-corrected chi connectivity index (χ1v) is 8.24. The fourth-order valence-corrected chi connectivity index (χ4v) is 3.14. The van der Waals surface area contributed by atoms with Crippen LogP contribution < -0.4 is 10.6 Å². The number of amides is 2. The number of carbonyl (C=O) groups excluding carboxylic acids is 1. The van der Waals surface area contributed by atoms with Gasteiger partial charge in [0.2, 0.25) is 0 Å². The summed E-state index contributed by atoms with van der Waals surface area (Å²) in [5.74, 6) is 0. The van der Waals surface area contributed by atoms with Gasteiger partial charge in [-0.3, -0.25) is 4.90 Å². The Morgan fingerprint density at radius 2 is 1.91 bits per heavy atom. The monoisotopic (exact) mass is 303 g/mol. The summed E-state index contributed by atoms with van der Waals surface area (Å²) in [5.41, 5.74) is 1.35. The van der Waals surface area contributed by atoms with E-state index in [0.717, 1.165) is 51.9 Å². The van der Waals surface area contributed by atoms with Gasteiger partial charge in [-0.1, -0.05) is 30.3 Å². The van der Waals surface area contributed by atoms with Crippen molar-refractivity contribution < 1.29 is 9.53 Å². The number of hydrogen-bond donors (Lipinski definition) is 2. The number of carbonyl (C=O) groups is 1. The summed E-state index contributed by atoms with van der Waals surface area (Å²) in [5, 5.41) is 5.96. The number of nitrogens with one attached hydrogen (secondary N) is 2. The van der Waals surface area contributed by atoms with E-state index in [9.17, 15) is 4.79 Å². The quantitative estimate of drug-likeness (QED) is 0.895. The number of piperidine rings is 1. The SMILES string of the molecule is O=C(NC1CCN(Cc2ccccc2)CC1)NC1CCCO1. The summed E-state index contributed by atoms with van der Waals surface area (Å²) in [6.45, 7) is 3.80. The predicted octanol–water partition coefficient (Wildman–Crippen LogP) is 2.09. The van der Waals surface area contributed by atoms with E-state index in [2.05, 4.69) is 39.8 Å². The molecule has 0 saturated carbocycles. The summed E-state index contributed by atoms with van der Waals surface area (Å²) in [6, 6.07) is 10.7. The number of ether oxygens (including phenoxy) is 1. The van der Waals surface area contributed by atoms with Gasteiger partial charge in [-0.25, -0.2) is 4.79 Å². The number of benzene rings is 1. The van der Waals surface area contributed by atoms with E-state index < -0.39 is 0 Å². The van der Waals surface area contributed by atoms with Crippen LogP contribution >= 0.6 is 0 Å². The summed E-state index contributed by atoms with van der Waals surface area (Å²) in [6.07, 6.45) is 3.86. The lowest BCUT2D eigenvalue weighted by atomic mass is 10.0. The lowest BCUT2D eigenvalue weighted by Crippen LogP contribution is -2.49. The van der Waals surface area contributed by atoms with E-state index in [1.165, 1.54) is 5.56 Å². The molecule has 1 aromatic carbocycles. The van der Waals surface area contributed by atoms with E-state index in [-0.39, 0.29) is 18.3 Å². The van der Waals surface area contributed by atoms with E-state index >= 15 is 0 Å². The van der Waals surface area contributed by atoms with Crippen LogP contribution in [0.1, 0.15) is 31.2 Å². The molecule has 3 rings (SSSR count). The highest BCUT2D eigenvalue weighted by Gasteiger charge is 2.23. The van der Waals surface area contributed by atoms with Crippen LogP contribution in [0.2, 0.25) is 0 Å². The van der Waals surface area contributed by atoms with Crippen molar-refractivity contribution in [3.05, 3.63) is 35.9 Å². The number of urea groups is 1. The molecule has 2 aliphatic heterocycles. The van der Waals surface area contributed by atoms with Crippen molar-refractivity contribution in [1.29, 1.82) is 0 Å². The van der Waals surface area contributed by atoms with Gasteiger partial charge in [-0.05, 0) is 31.2 Å². The number of likely N-dealkylation sites (tertiary alicyclic amines) is 1. The van der Waals surface area contributed by atoms with Gasteiger partial charge in [0.1, 0.15) is 6.23 Å². The predicted molar refractivity (Wildman–Crippen MR) is 85.4 cm³/mol. The molecule has 0 aromatic heterocycles. The van der Waals surface area contributed by atoms with E-state index in [4.69, 9.17) is 4.74 Å². The van der Waals surface area contributed by atoms with Gasteiger partial charge in [-0.15, -0.1) is 0 Å². The van der Waals surface area contributed by atoms with Crippen molar-refractivity contribution in [3.63, 3.8) is 0 Å². The highest BCUT2D eigenvalue weighted by molar-refractivity contribution is 5.74. The van der Waals surface area contributed by atoms with Crippen molar-refractivity contribution in [2.45, 2.75) is 44.5 Å². The van der Waals surface area contributed by atoms with Crippen LogP contribution in [0.3, 0.4) is 0 Å². The van der Waals surface area contributed by atoms with Crippen LogP contribution in [-0.4, -0.2) is 42.9 Å². The number of rotatable bonds is 4. The molecule has 1 aromatic rings. The average molecular weight is 303 g/mol. The second-order valence-electron chi connectivity index (χ2n) is 6.16. The zero-order chi connectivity index (χ0) is 15.2. The molecule has 2 N–H and O–H groups in total. The Balaban J connectivity index is 1.37. The zero-order valence-electron chi connectivity index (χ0n) is 13.0. The van der Waals surface area contributed by atoms with E-state index in [1.54, 1.807) is 0 Å². The van der Waals surface area contributed by atoms with Gasteiger partial charge >= 0.3 is 6.03 Å². The average Bonchev–Trinajstić information content (AvgIpc) is 3.03. The second-order valence-corrected chi connectivity index (χ2v) is 6.16. The minimum atomic E-state index is -0.0989. The van der Waals surface area contributed by atoms with Gasteiger partial charge in [0, 0.05) is 32.3 Å². The summed E-state index contributed by atoms with van der Waals surface area (Å²) >= 11 is 0. The Morgan fingerprint density at radius 1 is 1.14 bits per heavy atom. The Bertz CT molecular complexity index is 466. The third kappa shape index (κ3) is 4.45. The van der Waals surface area contributed by atoms with Crippen molar-refractivity contribution >= 4 is 6.03 Å². The fourth-order valence-electron chi connectivity index (χ4n) is 3.14. The fraction of sp³-hybridized carbons (Fsp3) is 0.588. The smallest absolute Gasteiger partial charge is 0.317 e. The lowest BCUT2D eigenvalue weighted by Gasteiger charge is -2.32. The second kappa shape index (κ2) is 7.61. The molecule has 0 radical (unpaired) electrons. The Hall–Kier alpha value is -1.59. The summed E-state index contributed by atoms with van der Waals surface area (Å²) in [4.78, 5) is 14.4. The number of nitrogens with zero attached hydrogens (tertiary/aromatic N) is 1. The molecule has 5 heteroatoms. The van der Waals surface area contributed by atoms with Crippen molar-refractivity contribution in [1.82, 2.24) is 15.5 Å². The molecule has 120 valence electrons. The molecule has 0 spiro atoms. The van der Waals surface area contributed by atoms with Crippen molar-refractivity contribution in [2.75, 3.05) is 19.7 Å². The molecular formula is C17H25N3O2. The summed E-state index contributed by atoms with van der Waals surface area (Å²) in [7, 11) is 0. The third-order valence-corrected chi connectivity index (χ3v) is 4.39. The van der Waals surface area contributed by atoms with Gasteiger partial charge in [0.25, 0.3) is 0 Å². The maximum Gasteiger partial charge on any atom is 0.317 e. The van der Waals surface area contributed by atoms with Gasteiger partial charge in [-0.2, -0.15) is 0 Å². The molecule has 0 aliphatic carbocycles. The Morgan fingerprint density at radius 3 is 2.59 bits per heavy atom. The Labute approximate surface area is 132 Å². The minimum Gasteiger partial charge on any atom is -0.358 e. The molecule has 2 heterocycles. The third-order valence-electron chi connectivity index (χ3n) is 4.39. The molecule has 5 nitrogen and oxygen atoms in total. The molecule has 2 amide bonds. The van der Waals surface area contributed by atoms with Crippen LogP contribution in [0.25, 0.3) is 0 Å². The van der Waals surface area contributed by atoms with Gasteiger partial charge in [0.05, 0.1) is 0 Å². The summed E-state index contributed by atoms with van der Waals surface area (Å²) < 4.78 is 5.42. The normalized spacial score (nSPS) is 23.4. The van der Waals surface area contributed by atoms with Crippen LogP contribution in [0, 0.1) is 0 Å². The van der Waals surface area contributed by atoms with Crippen molar-refractivity contribution in [3.8, 4) is 0 Å². The molecule has 2 aliphatic rings. The molecule has 2 saturated heterocycles. The van der Waals surface area contributed by atoms with E-state index in [1.807, 2.05) is 6.07 Å². The van der Waals surface area contributed by atoms with Crippen LogP contribution in [-0.2, 0) is 11.3 Å². The first kappa shape index (κ1) is 15.3. The van der Waals surface area contributed by atoms with Crippen molar-refractivity contribution in [2.24, 2.45) is 0 Å². The molecular weight excluding hydrogens is 278 g/mol. The molecule has 2 fully saturated rings. The number of hydrogen-bond acceptors (Lipinski definition) is 3. The molecule has 1 atom stereocenters. The highest BCUT2D eigenvalue weighted by Crippen LogP contribution is 2.14. The Kier molecular flexibility index (Phi) is 5.29. The molecule has 0 bridgehead atoms. The largest absolute Gasteiger partial charge is 0.358 e. The maximum atomic E-state index is 11.9. The zero-order valence-corrected chi connectivity index (χ0v) is 13.0. The topological polar surface area (TPSA) is 53.6 Å². The maximum absolute atomic E-state index is 11.9. The highest BCUT2D eigenvalue weighted by atomic mass is 16.5. The van der Waals surface area contributed by atoms with Crippen LogP contribution in [0.15, 0.2) is 30.3 Å². The van der Waals surface area contributed by atoms with Gasteiger partial charge < -0.3 is 15.4 Å². The van der Waals surface area contributed by atoms with Crippen LogP contribution in [0.4, 0.5) is 4.79 Å². The first-order valence-electron chi connectivity index (χ1n) is 8.24. The first-order chi connectivity index (χ1) is 10.8. The molecule has 1 unspecified atom stereocenters. The lowest BCUT2D eigenvalue weighted by molar-refractivity contribution is 0.0893. The van der Waals surface area contributed by atoms with Crippen LogP contribution in [0.5, 0.6) is 0 Å². The van der Waals surface area contributed by atoms with Gasteiger partial charge in [0.15, 0.2) is 0 Å². The standard InChI is InChI=1S/C17H25N3O2/c21-17(19-16-7-4-12-22-16)18-15-8-10-20(11-9-15)13-14-5-2-1-3-6-14/h1-3,5-6,15-16H,4,7-13H2,(H2,18,19,21).